The topological polar surface area (TPSA) is 110 Å². The van der Waals surface area contributed by atoms with E-state index in [1.54, 1.807) is 0 Å². The van der Waals surface area contributed by atoms with E-state index < -0.39 is 20.8 Å². The average molecular weight is 351 g/mol. The molecule has 10 heteroatoms. The van der Waals surface area contributed by atoms with Gasteiger partial charge in [0.05, 0.1) is 18.3 Å². The lowest BCUT2D eigenvalue weighted by molar-refractivity contribution is -0.392. The third-order valence-corrected chi connectivity index (χ3v) is 5.72. The van der Waals surface area contributed by atoms with E-state index in [0.29, 0.717) is 13.0 Å². The molecule has 1 saturated heterocycles. The number of anilines is 1. The molecule has 1 aromatic carbocycles. The van der Waals surface area contributed by atoms with Crippen molar-refractivity contribution in [1.82, 2.24) is 14.1 Å². The highest BCUT2D eigenvalue weighted by Gasteiger charge is 2.39. The second-order valence-electron chi connectivity index (χ2n) is 5.61. The molecule has 24 heavy (non-hydrogen) atoms. The Hall–Kier alpha value is -2.46. The summed E-state index contributed by atoms with van der Waals surface area (Å²) in [6.07, 6.45) is 1.80. The summed E-state index contributed by atoms with van der Waals surface area (Å²) in [6, 6.07) is 9.46. The van der Waals surface area contributed by atoms with Crippen molar-refractivity contribution in [2.24, 2.45) is 7.05 Å². The molecule has 0 unspecified atom stereocenters. The Morgan fingerprint density at radius 2 is 2.04 bits per heavy atom. The highest BCUT2D eigenvalue weighted by Crippen LogP contribution is 2.28. The van der Waals surface area contributed by atoms with Gasteiger partial charge in [0.1, 0.15) is 0 Å². The zero-order valence-corrected chi connectivity index (χ0v) is 13.8. The number of para-hydroxylation sites is 1. The van der Waals surface area contributed by atoms with E-state index in [4.69, 9.17) is 0 Å². The van der Waals surface area contributed by atoms with Gasteiger partial charge in [-0.15, -0.1) is 0 Å². The Balaban J connectivity index is 1.78. The van der Waals surface area contributed by atoms with E-state index >= 15 is 0 Å². The van der Waals surface area contributed by atoms with Crippen LogP contribution in [-0.4, -0.2) is 46.6 Å². The number of rotatable bonds is 5. The van der Waals surface area contributed by atoms with Gasteiger partial charge in [-0.3, -0.25) is 0 Å². The highest BCUT2D eigenvalue weighted by molar-refractivity contribution is 7.89. The maximum atomic E-state index is 12.7. The van der Waals surface area contributed by atoms with Gasteiger partial charge in [-0.25, -0.2) is 8.42 Å². The zero-order chi connectivity index (χ0) is 17.3. The molecule has 1 aliphatic heterocycles. The van der Waals surface area contributed by atoms with Gasteiger partial charge in [-0.05, 0) is 23.5 Å². The first kappa shape index (κ1) is 16.4. The van der Waals surface area contributed by atoms with Crippen molar-refractivity contribution >= 4 is 21.5 Å². The molecule has 1 atom stereocenters. The lowest BCUT2D eigenvalue weighted by atomic mass is 10.2. The fraction of sp³-hybridized carbons (Fsp3) is 0.357. The van der Waals surface area contributed by atoms with Crippen molar-refractivity contribution in [3.63, 3.8) is 0 Å². The number of benzene rings is 1. The second kappa shape index (κ2) is 6.21. The van der Waals surface area contributed by atoms with Crippen LogP contribution in [0.4, 0.5) is 11.5 Å². The summed E-state index contributed by atoms with van der Waals surface area (Å²) in [5.74, 6) is -0.642. The van der Waals surface area contributed by atoms with Gasteiger partial charge in [-0.1, -0.05) is 18.2 Å². The number of aromatic nitrogens is 2. The summed E-state index contributed by atoms with van der Waals surface area (Å²) in [5.41, 5.74) is 0.911. The predicted molar refractivity (Wildman–Crippen MR) is 87.1 cm³/mol. The normalized spacial score (nSPS) is 18.6. The van der Waals surface area contributed by atoms with E-state index in [1.165, 1.54) is 17.5 Å². The second-order valence-corrected chi connectivity index (χ2v) is 7.51. The van der Waals surface area contributed by atoms with Crippen LogP contribution in [0, 0.1) is 10.1 Å². The van der Waals surface area contributed by atoms with Gasteiger partial charge >= 0.3 is 5.82 Å². The SMILES string of the molecule is Cn1cc(S(=O)(=O)N2CC[C@H](Nc3ccccc3)C2)c([N+](=O)[O-])n1. The number of hydrogen-bond acceptors (Lipinski definition) is 6. The van der Waals surface area contributed by atoms with E-state index in [1.807, 2.05) is 30.3 Å². The van der Waals surface area contributed by atoms with Crippen molar-refractivity contribution in [3.8, 4) is 0 Å². The number of nitrogens with zero attached hydrogens (tertiary/aromatic N) is 4. The van der Waals surface area contributed by atoms with Crippen LogP contribution >= 0.6 is 0 Å². The number of sulfonamides is 1. The molecule has 0 saturated carbocycles. The lowest BCUT2D eigenvalue weighted by Crippen LogP contribution is -2.31. The van der Waals surface area contributed by atoms with Crippen LogP contribution in [-0.2, 0) is 17.1 Å². The van der Waals surface area contributed by atoms with Crippen LogP contribution in [0.2, 0.25) is 0 Å². The highest BCUT2D eigenvalue weighted by atomic mass is 32.2. The van der Waals surface area contributed by atoms with E-state index in [2.05, 4.69) is 10.4 Å². The van der Waals surface area contributed by atoms with Crippen LogP contribution < -0.4 is 5.32 Å². The first-order valence-corrected chi connectivity index (χ1v) is 8.81. The molecule has 2 heterocycles. The Bertz CT molecular complexity index is 849. The first-order valence-electron chi connectivity index (χ1n) is 7.37. The maximum absolute atomic E-state index is 12.7. The van der Waals surface area contributed by atoms with Gasteiger partial charge in [-0.2, -0.15) is 8.99 Å². The minimum Gasteiger partial charge on any atom is -0.381 e. The Labute approximate surface area is 139 Å². The molecule has 0 bridgehead atoms. The molecule has 1 aromatic heterocycles. The van der Waals surface area contributed by atoms with Crippen LogP contribution in [0.5, 0.6) is 0 Å². The number of nitro groups is 1. The summed E-state index contributed by atoms with van der Waals surface area (Å²) in [7, 11) is -2.50. The van der Waals surface area contributed by atoms with Crippen LogP contribution in [0.1, 0.15) is 6.42 Å². The lowest BCUT2D eigenvalue weighted by Gasteiger charge is -2.16. The third-order valence-electron chi connectivity index (χ3n) is 3.86. The monoisotopic (exact) mass is 351 g/mol. The molecule has 0 aliphatic carbocycles. The molecule has 9 nitrogen and oxygen atoms in total. The number of nitrogens with one attached hydrogen (secondary N) is 1. The summed E-state index contributed by atoms with van der Waals surface area (Å²) in [6.45, 7) is 0.558. The smallest absolute Gasteiger partial charge is 0.381 e. The molecule has 1 aliphatic rings. The van der Waals surface area contributed by atoms with E-state index in [9.17, 15) is 18.5 Å². The molecule has 128 valence electrons. The maximum Gasteiger partial charge on any atom is 0.410 e. The number of hydrogen-bond donors (Lipinski definition) is 1. The summed E-state index contributed by atoms with van der Waals surface area (Å²) in [5, 5.41) is 17.9. The Morgan fingerprint density at radius 1 is 1.33 bits per heavy atom. The standard InChI is InChI=1S/C14H17N5O4S/c1-17-10-13(14(16-17)19(20)21)24(22,23)18-8-7-12(9-18)15-11-5-3-2-4-6-11/h2-6,10,12,15H,7-9H2,1H3/t12-/m0/s1. The molecule has 0 spiro atoms. The first-order chi connectivity index (χ1) is 11.4. The Morgan fingerprint density at radius 3 is 2.71 bits per heavy atom. The number of aryl methyl sites for hydroxylation is 1. The van der Waals surface area contributed by atoms with Gasteiger partial charge in [0.2, 0.25) is 4.90 Å². The molecule has 3 rings (SSSR count). The molecule has 2 aromatic rings. The van der Waals surface area contributed by atoms with Crippen LogP contribution in [0.3, 0.4) is 0 Å². The summed E-state index contributed by atoms with van der Waals surface area (Å²) in [4.78, 5) is 9.90. The molecule has 1 N–H and O–H groups in total. The molecule has 1 fully saturated rings. The van der Waals surface area contributed by atoms with Crippen LogP contribution in [0.15, 0.2) is 41.4 Å². The molecule has 0 amide bonds. The van der Waals surface area contributed by atoms with E-state index in [0.717, 1.165) is 10.4 Å². The van der Waals surface area contributed by atoms with E-state index in [-0.39, 0.29) is 17.5 Å². The Kier molecular flexibility index (Phi) is 4.24. The van der Waals surface area contributed by atoms with Crippen molar-refractivity contribution in [2.45, 2.75) is 17.4 Å². The summed E-state index contributed by atoms with van der Waals surface area (Å²) < 4.78 is 27.8. The van der Waals surface area contributed by atoms with Crippen molar-refractivity contribution in [1.29, 1.82) is 0 Å². The molecular weight excluding hydrogens is 334 g/mol. The quantitative estimate of drug-likeness (QED) is 0.640. The van der Waals surface area contributed by atoms with Gasteiger partial charge in [0.25, 0.3) is 10.0 Å². The van der Waals surface area contributed by atoms with Crippen molar-refractivity contribution < 1.29 is 13.3 Å². The van der Waals surface area contributed by atoms with Crippen molar-refractivity contribution in [3.05, 3.63) is 46.6 Å². The zero-order valence-electron chi connectivity index (χ0n) is 13.0. The van der Waals surface area contributed by atoms with Crippen LogP contribution in [0.25, 0.3) is 0 Å². The molecular formula is C14H17N5O4S. The fourth-order valence-electron chi connectivity index (χ4n) is 2.74. The minimum absolute atomic E-state index is 0.0436. The van der Waals surface area contributed by atoms with Crippen molar-refractivity contribution in [2.75, 3.05) is 18.4 Å². The average Bonchev–Trinajstić information content (AvgIpc) is 3.16. The third kappa shape index (κ3) is 3.10. The fourth-order valence-corrected chi connectivity index (χ4v) is 4.37. The molecule has 0 radical (unpaired) electrons. The van der Waals surface area contributed by atoms with Gasteiger partial charge in [0, 0.05) is 24.8 Å². The minimum atomic E-state index is -3.95. The van der Waals surface area contributed by atoms with Gasteiger partial charge < -0.3 is 15.4 Å². The summed E-state index contributed by atoms with van der Waals surface area (Å²) >= 11 is 0. The predicted octanol–water partition coefficient (Wildman–Crippen LogP) is 1.20. The largest absolute Gasteiger partial charge is 0.410 e. The van der Waals surface area contributed by atoms with Gasteiger partial charge in [0.15, 0.2) is 0 Å².